The van der Waals surface area contributed by atoms with Crippen LogP contribution in [0.15, 0.2) is 4.99 Å². The fourth-order valence-electron chi connectivity index (χ4n) is 1.70. The highest BCUT2D eigenvalue weighted by Gasteiger charge is 2.03. The molecular weight excluding hydrogens is 200 g/mol. The molecule has 0 heterocycles. The molecule has 0 saturated carbocycles. The van der Waals surface area contributed by atoms with Crippen molar-refractivity contribution in [2.24, 2.45) is 4.99 Å². The van der Waals surface area contributed by atoms with Crippen molar-refractivity contribution in [1.29, 1.82) is 0 Å². The molecule has 0 atom stereocenters. The summed E-state index contributed by atoms with van der Waals surface area (Å²) in [7, 11) is 8.12. The molecule has 0 aliphatic heterocycles. The van der Waals surface area contributed by atoms with Crippen molar-refractivity contribution >= 4 is 5.96 Å². The minimum Gasteiger partial charge on any atom is -0.349 e. The SMILES string of the molecule is CCN(CC)CCCN=C(N(C)C)N(C)C. The number of guanidine groups is 1. The Kier molecular flexibility index (Phi) is 7.99. The van der Waals surface area contributed by atoms with Crippen LogP contribution < -0.4 is 0 Å². The van der Waals surface area contributed by atoms with Gasteiger partial charge in [0.15, 0.2) is 5.96 Å². The molecule has 0 saturated heterocycles. The molecule has 0 N–H and O–H groups in total. The predicted molar refractivity (Wildman–Crippen MR) is 72.1 cm³/mol. The number of rotatable bonds is 6. The first kappa shape index (κ1) is 15.2. The summed E-state index contributed by atoms with van der Waals surface area (Å²) in [6, 6.07) is 0. The molecule has 0 aromatic heterocycles. The molecule has 0 aromatic carbocycles. The van der Waals surface area contributed by atoms with E-state index in [0.29, 0.717) is 0 Å². The molecule has 0 amide bonds. The molecule has 0 fully saturated rings. The van der Waals surface area contributed by atoms with Crippen LogP contribution in [0.1, 0.15) is 20.3 Å². The smallest absolute Gasteiger partial charge is 0.195 e. The molecule has 0 aliphatic rings. The zero-order valence-corrected chi connectivity index (χ0v) is 11.8. The van der Waals surface area contributed by atoms with Gasteiger partial charge in [-0.3, -0.25) is 4.99 Å². The Hall–Kier alpha value is -0.770. The lowest BCUT2D eigenvalue weighted by Crippen LogP contribution is -2.35. The first-order chi connectivity index (χ1) is 7.52. The molecule has 96 valence electrons. The average molecular weight is 228 g/mol. The lowest BCUT2D eigenvalue weighted by Gasteiger charge is -2.23. The van der Waals surface area contributed by atoms with Crippen LogP contribution in [0.2, 0.25) is 0 Å². The van der Waals surface area contributed by atoms with Gasteiger partial charge in [0.25, 0.3) is 0 Å². The van der Waals surface area contributed by atoms with Crippen molar-refractivity contribution in [3.63, 3.8) is 0 Å². The highest BCUT2D eigenvalue weighted by atomic mass is 15.3. The van der Waals surface area contributed by atoms with E-state index in [2.05, 4.69) is 33.5 Å². The maximum Gasteiger partial charge on any atom is 0.195 e. The van der Waals surface area contributed by atoms with Crippen molar-refractivity contribution in [3.05, 3.63) is 0 Å². The molecule has 0 radical (unpaired) electrons. The Morgan fingerprint density at radius 2 is 1.44 bits per heavy atom. The van der Waals surface area contributed by atoms with E-state index in [4.69, 9.17) is 0 Å². The fourth-order valence-corrected chi connectivity index (χ4v) is 1.70. The van der Waals surface area contributed by atoms with Gasteiger partial charge in [0.05, 0.1) is 0 Å². The minimum absolute atomic E-state index is 0.905. The van der Waals surface area contributed by atoms with Gasteiger partial charge in [-0.1, -0.05) is 13.8 Å². The zero-order valence-electron chi connectivity index (χ0n) is 11.8. The minimum atomic E-state index is 0.905. The molecule has 0 spiro atoms. The van der Waals surface area contributed by atoms with Crippen LogP contribution in [0.3, 0.4) is 0 Å². The Morgan fingerprint density at radius 3 is 1.81 bits per heavy atom. The van der Waals surface area contributed by atoms with Gasteiger partial charge in [-0.15, -0.1) is 0 Å². The fraction of sp³-hybridized carbons (Fsp3) is 0.917. The van der Waals surface area contributed by atoms with Gasteiger partial charge in [0, 0.05) is 34.7 Å². The summed E-state index contributed by atoms with van der Waals surface area (Å²) in [6.07, 6.45) is 1.13. The van der Waals surface area contributed by atoms with E-state index in [1.807, 2.05) is 28.2 Å². The van der Waals surface area contributed by atoms with Gasteiger partial charge in [0.1, 0.15) is 0 Å². The largest absolute Gasteiger partial charge is 0.349 e. The zero-order chi connectivity index (χ0) is 12.6. The highest BCUT2D eigenvalue weighted by Crippen LogP contribution is 1.94. The van der Waals surface area contributed by atoms with Gasteiger partial charge < -0.3 is 14.7 Å². The molecule has 0 aliphatic carbocycles. The van der Waals surface area contributed by atoms with E-state index in [0.717, 1.165) is 38.6 Å². The van der Waals surface area contributed by atoms with Gasteiger partial charge in [-0.2, -0.15) is 0 Å². The number of hydrogen-bond acceptors (Lipinski definition) is 2. The molecule has 0 bridgehead atoms. The highest BCUT2D eigenvalue weighted by molar-refractivity contribution is 5.79. The number of hydrogen-bond donors (Lipinski definition) is 0. The summed E-state index contributed by atoms with van der Waals surface area (Å²) in [4.78, 5) is 11.1. The van der Waals surface area contributed by atoms with E-state index in [-0.39, 0.29) is 0 Å². The predicted octanol–water partition coefficient (Wildman–Crippen LogP) is 1.20. The molecule has 4 nitrogen and oxygen atoms in total. The quantitative estimate of drug-likeness (QED) is 0.387. The van der Waals surface area contributed by atoms with Crippen LogP contribution >= 0.6 is 0 Å². The Bertz CT molecular complexity index is 185. The van der Waals surface area contributed by atoms with Crippen LogP contribution in [-0.2, 0) is 0 Å². The summed E-state index contributed by atoms with van der Waals surface area (Å²) in [6.45, 7) is 8.73. The van der Waals surface area contributed by atoms with Crippen LogP contribution in [0.25, 0.3) is 0 Å². The third-order valence-corrected chi connectivity index (χ3v) is 2.58. The number of aliphatic imine (C=N–C) groups is 1. The molecular formula is C12H28N4. The molecule has 0 rings (SSSR count). The summed E-state index contributed by atoms with van der Waals surface area (Å²) in [5.41, 5.74) is 0. The summed E-state index contributed by atoms with van der Waals surface area (Å²) >= 11 is 0. The van der Waals surface area contributed by atoms with Crippen molar-refractivity contribution in [2.75, 3.05) is 54.4 Å². The lowest BCUT2D eigenvalue weighted by molar-refractivity contribution is 0.301. The van der Waals surface area contributed by atoms with Crippen LogP contribution in [0, 0.1) is 0 Å². The molecule has 0 unspecified atom stereocenters. The molecule has 16 heavy (non-hydrogen) atoms. The molecule has 0 aromatic rings. The van der Waals surface area contributed by atoms with E-state index in [1.165, 1.54) is 0 Å². The van der Waals surface area contributed by atoms with Crippen LogP contribution in [0.5, 0.6) is 0 Å². The van der Waals surface area contributed by atoms with Gasteiger partial charge in [0.2, 0.25) is 0 Å². The summed E-state index contributed by atoms with van der Waals surface area (Å²) in [5, 5.41) is 0. The van der Waals surface area contributed by atoms with Gasteiger partial charge in [-0.25, -0.2) is 0 Å². The second-order valence-corrected chi connectivity index (χ2v) is 4.35. The second-order valence-electron chi connectivity index (χ2n) is 4.35. The van der Waals surface area contributed by atoms with Gasteiger partial charge in [-0.05, 0) is 26.1 Å². The Morgan fingerprint density at radius 1 is 0.938 bits per heavy atom. The average Bonchev–Trinajstić information content (AvgIpc) is 2.22. The summed E-state index contributed by atoms with van der Waals surface area (Å²) in [5.74, 6) is 1.04. The first-order valence-corrected chi connectivity index (χ1v) is 6.14. The first-order valence-electron chi connectivity index (χ1n) is 6.14. The number of nitrogens with zero attached hydrogens (tertiary/aromatic N) is 4. The van der Waals surface area contributed by atoms with Crippen LogP contribution in [-0.4, -0.2) is 75.0 Å². The van der Waals surface area contributed by atoms with Crippen LogP contribution in [0.4, 0.5) is 0 Å². The van der Waals surface area contributed by atoms with Gasteiger partial charge >= 0.3 is 0 Å². The normalized spacial score (nSPS) is 10.4. The van der Waals surface area contributed by atoms with E-state index in [1.54, 1.807) is 0 Å². The third-order valence-electron chi connectivity index (χ3n) is 2.58. The standard InChI is InChI=1S/C12H28N4/c1-7-16(8-2)11-9-10-13-12(14(3)4)15(5)6/h7-11H2,1-6H3. The second kappa shape index (κ2) is 8.39. The molecule has 4 heteroatoms. The van der Waals surface area contributed by atoms with Crippen molar-refractivity contribution in [3.8, 4) is 0 Å². The van der Waals surface area contributed by atoms with Crippen molar-refractivity contribution in [2.45, 2.75) is 20.3 Å². The Labute approximate surface area is 101 Å². The van der Waals surface area contributed by atoms with E-state index < -0.39 is 0 Å². The lowest BCUT2D eigenvalue weighted by atomic mass is 10.4. The topological polar surface area (TPSA) is 22.1 Å². The summed E-state index contributed by atoms with van der Waals surface area (Å²) < 4.78 is 0. The van der Waals surface area contributed by atoms with E-state index in [9.17, 15) is 0 Å². The monoisotopic (exact) mass is 228 g/mol. The maximum absolute atomic E-state index is 4.61. The van der Waals surface area contributed by atoms with Crippen molar-refractivity contribution in [1.82, 2.24) is 14.7 Å². The maximum atomic E-state index is 4.61. The van der Waals surface area contributed by atoms with E-state index >= 15 is 0 Å². The third kappa shape index (κ3) is 5.95. The Balaban J connectivity index is 3.96. The van der Waals surface area contributed by atoms with Crippen molar-refractivity contribution < 1.29 is 0 Å².